The van der Waals surface area contributed by atoms with Crippen molar-refractivity contribution in [3.8, 4) is 0 Å². The summed E-state index contributed by atoms with van der Waals surface area (Å²) in [5, 5.41) is 19.5. The molecular formula is C11H9ClN2O5. The maximum Gasteiger partial charge on any atom is 0.310 e. The van der Waals surface area contributed by atoms with E-state index in [1.807, 2.05) is 0 Å². The number of carboxylic acids is 1. The van der Waals surface area contributed by atoms with Gasteiger partial charge in [0.05, 0.1) is 10.8 Å². The molecule has 0 bridgehead atoms. The van der Waals surface area contributed by atoms with Crippen LogP contribution < -0.4 is 0 Å². The van der Waals surface area contributed by atoms with E-state index >= 15 is 0 Å². The van der Waals surface area contributed by atoms with Gasteiger partial charge in [0.1, 0.15) is 10.6 Å². The molecule has 1 amide bonds. The van der Waals surface area contributed by atoms with Crippen molar-refractivity contribution in [2.75, 3.05) is 13.1 Å². The first-order valence-corrected chi connectivity index (χ1v) is 5.74. The summed E-state index contributed by atoms with van der Waals surface area (Å²) in [5.74, 6) is -2.17. The first-order chi connectivity index (χ1) is 8.91. The minimum atomic E-state index is -0.982. The number of carbonyl (C=O) groups is 2. The van der Waals surface area contributed by atoms with E-state index in [1.54, 1.807) is 0 Å². The average molecular weight is 285 g/mol. The van der Waals surface area contributed by atoms with Gasteiger partial charge in [-0.15, -0.1) is 0 Å². The number of nitro benzene ring substituents is 1. The largest absolute Gasteiger partial charge is 0.481 e. The Morgan fingerprint density at radius 1 is 1.42 bits per heavy atom. The Morgan fingerprint density at radius 3 is 2.58 bits per heavy atom. The Labute approximate surface area is 112 Å². The maximum atomic E-state index is 12.0. The molecule has 1 saturated heterocycles. The zero-order chi connectivity index (χ0) is 14.2. The van der Waals surface area contributed by atoms with Gasteiger partial charge in [-0.2, -0.15) is 0 Å². The quantitative estimate of drug-likeness (QED) is 0.668. The molecule has 0 aliphatic carbocycles. The molecule has 7 nitrogen and oxygen atoms in total. The highest BCUT2D eigenvalue weighted by Gasteiger charge is 2.38. The molecule has 1 heterocycles. The van der Waals surface area contributed by atoms with Crippen LogP contribution in [0.3, 0.4) is 0 Å². The number of hydrogen-bond donors (Lipinski definition) is 1. The number of amides is 1. The Kier molecular flexibility index (Phi) is 3.39. The molecule has 1 aromatic carbocycles. The van der Waals surface area contributed by atoms with Crippen molar-refractivity contribution in [3.63, 3.8) is 0 Å². The van der Waals surface area contributed by atoms with Gasteiger partial charge in [-0.3, -0.25) is 19.7 Å². The summed E-state index contributed by atoms with van der Waals surface area (Å²) in [4.78, 5) is 34.1. The summed E-state index contributed by atoms with van der Waals surface area (Å²) in [6, 6.07) is 4.07. The zero-order valence-corrected chi connectivity index (χ0v) is 10.3. The Hall–Kier alpha value is -2.15. The molecule has 0 radical (unpaired) electrons. The number of carbonyl (C=O) groups excluding carboxylic acids is 1. The summed E-state index contributed by atoms with van der Waals surface area (Å²) in [6.45, 7) is 0.107. The first kappa shape index (κ1) is 13.3. The number of halogens is 1. The fourth-order valence-electron chi connectivity index (χ4n) is 1.84. The van der Waals surface area contributed by atoms with Crippen molar-refractivity contribution < 1.29 is 19.6 Å². The molecule has 1 fully saturated rings. The fourth-order valence-corrected chi connectivity index (χ4v) is 2.09. The van der Waals surface area contributed by atoms with Gasteiger partial charge >= 0.3 is 11.7 Å². The van der Waals surface area contributed by atoms with Crippen LogP contribution in [0.15, 0.2) is 18.2 Å². The monoisotopic (exact) mass is 284 g/mol. The number of nitro groups is 1. The Bertz CT molecular complexity index is 568. The molecule has 0 spiro atoms. The molecule has 1 N–H and O–H groups in total. The second-order valence-corrected chi connectivity index (χ2v) is 4.55. The standard InChI is InChI=1S/C11H9ClN2O5/c12-8-3-1-2-7(9(8)14(18)19)10(15)13-4-6(5-13)11(16)17/h1-3,6H,4-5H2,(H,16,17). The van der Waals surface area contributed by atoms with Crippen molar-refractivity contribution in [1.82, 2.24) is 4.90 Å². The number of nitrogens with zero attached hydrogens (tertiary/aromatic N) is 2. The lowest BCUT2D eigenvalue weighted by molar-refractivity contribution is -0.385. The summed E-state index contributed by atoms with van der Waals surface area (Å²) in [5.41, 5.74) is -0.575. The van der Waals surface area contributed by atoms with E-state index in [9.17, 15) is 19.7 Å². The first-order valence-electron chi connectivity index (χ1n) is 5.36. The van der Waals surface area contributed by atoms with Crippen LogP contribution in [0, 0.1) is 16.0 Å². The van der Waals surface area contributed by atoms with Gasteiger partial charge in [-0.25, -0.2) is 0 Å². The molecule has 1 aliphatic rings. The van der Waals surface area contributed by atoms with Gasteiger partial charge in [0.25, 0.3) is 5.91 Å². The summed E-state index contributed by atoms with van der Waals surface area (Å²) in [6.07, 6.45) is 0. The lowest BCUT2D eigenvalue weighted by atomic mass is 9.99. The van der Waals surface area contributed by atoms with Crippen molar-refractivity contribution in [1.29, 1.82) is 0 Å². The lowest BCUT2D eigenvalue weighted by Crippen LogP contribution is -2.53. The van der Waals surface area contributed by atoms with E-state index < -0.39 is 28.4 Å². The second-order valence-electron chi connectivity index (χ2n) is 4.14. The topological polar surface area (TPSA) is 101 Å². The van der Waals surface area contributed by atoms with Gasteiger partial charge in [0.2, 0.25) is 0 Å². The van der Waals surface area contributed by atoms with E-state index in [0.717, 1.165) is 0 Å². The van der Waals surface area contributed by atoms with Crippen LogP contribution in [-0.2, 0) is 4.79 Å². The number of benzene rings is 1. The van der Waals surface area contributed by atoms with Crippen LogP contribution in [-0.4, -0.2) is 39.9 Å². The number of hydrogen-bond acceptors (Lipinski definition) is 4. The lowest BCUT2D eigenvalue weighted by Gasteiger charge is -2.36. The summed E-state index contributed by atoms with van der Waals surface area (Å²) >= 11 is 5.71. The van der Waals surface area contributed by atoms with Crippen LogP contribution in [0.2, 0.25) is 5.02 Å². The number of likely N-dealkylation sites (tertiary alicyclic amines) is 1. The van der Waals surface area contributed by atoms with Gasteiger partial charge in [-0.05, 0) is 12.1 Å². The number of aliphatic carboxylic acids is 1. The molecule has 0 unspecified atom stereocenters. The van der Waals surface area contributed by atoms with Crippen LogP contribution >= 0.6 is 11.6 Å². The van der Waals surface area contributed by atoms with E-state index in [2.05, 4.69) is 0 Å². The molecule has 100 valence electrons. The predicted octanol–water partition coefficient (Wildman–Crippen LogP) is 1.40. The zero-order valence-electron chi connectivity index (χ0n) is 9.58. The van der Waals surface area contributed by atoms with E-state index in [1.165, 1.54) is 23.1 Å². The van der Waals surface area contributed by atoms with Crippen molar-refractivity contribution in [3.05, 3.63) is 38.9 Å². The van der Waals surface area contributed by atoms with E-state index in [4.69, 9.17) is 16.7 Å². The molecule has 2 rings (SSSR count). The third-order valence-corrected chi connectivity index (χ3v) is 3.22. The molecular weight excluding hydrogens is 276 g/mol. The summed E-state index contributed by atoms with van der Waals surface area (Å²) < 4.78 is 0. The number of para-hydroxylation sites is 1. The summed E-state index contributed by atoms with van der Waals surface area (Å²) in [7, 11) is 0. The molecule has 0 aromatic heterocycles. The van der Waals surface area contributed by atoms with Crippen molar-refractivity contribution in [2.24, 2.45) is 5.92 Å². The van der Waals surface area contributed by atoms with E-state index in [-0.39, 0.29) is 23.7 Å². The third kappa shape index (κ3) is 2.37. The van der Waals surface area contributed by atoms with Crippen molar-refractivity contribution >= 4 is 29.2 Å². The molecule has 0 atom stereocenters. The Morgan fingerprint density at radius 2 is 2.05 bits per heavy atom. The van der Waals surface area contributed by atoms with Crippen LogP contribution in [0.1, 0.15) is 10.4 Å². The van der Waals surface area contributed by atoms with Crippen LogP contribution in [0.25, 0.3) is 0 Å². The molecule has 1 aromatic rings. The minimum absolute atomic E-state index is 0.0534. The smallest absolute Gasteiger partial charge is 0.310 e. The second kappa shape index (κ2) is 4.85. The minimum Gasteiger partial charge on any atom is -0.481 e. The average Bonchev–Trinajstić information content (AvgIpc) is 2.25. The normalized spacial score (nSPS) is 14.9. The van der Waals surface area contributed by atoms with Crippen molar-refractivity contribution in [2.45, 2.75) is 0 Å². The number of carboxylic acid groups (broad SMARTS) is 1. The van der Waals surface area contributed by atoms with Gasteiger partial charge in [0.15, 0.2) is 0 Å². The predicted molar refractivity (Wildman–Crippen MR) is 65.1 cm³/mol. The highest BCUT2D eigenvalue weighted by Crippen LogP contribution is 2.30. The highest BCUT2D eigenvalue weighted by atomic mass is 35.5. The van der Waals surface area contributed by atoms with E-state index in [0.29, 0.717) is 0 Å². The SMILES string of the molecule is O=C(O)C1CN(C(=O)c2cccc(Cl)c2[N+](=O)[O-])C1. The maximum absolute atomic E-state index is 12.0. The molecule has 8 heteroatoms. The highest BCUT2D eigenvalue weighted by molar-refractivity contribution is 6.33. The Balaban J connectivity index is 2.24. The van der Waals surface area contributed by atoms with Gasteiger partial charge in [0, 0.05) is 13.1 Å². The van der Waals surface area contributed by atoms with Crippen LogP contribution in [0.5, 0.6) is 0 Å². The molecule has 19 heavy (non-hydrogen) atoms. The molecule has 1 aliphatic heterocycles. The molecule has 0 saturated carbocycles. The van der Waals surface area contributed by atoms with Gasteiger partial charge in [-0.1, -0.05) is 17.7 Å². The third-order valence-electron chi connectivity index (χ3n) is 2.92. The fraction of sp³-hybridized carbons (Fsp3) is 0.273. The number of rotatable bonds is 3. The van der Waals surface area contributed by atoms with Crippen LogP contribution in [0.4, 0.5) is 5.69 Å². The van der Waals surface area contributed by atoms with Gasteiger partial charge < -0.3 is 10.0 Å².